The number of H-pyrrole nitrogens is 1. The second-order valence-electron chi connectivity index (χ2n) is 6.93. The number of carbonyl (C=O) groups excluding carboxylic acids is 1. The third kappa shape index (κ3) is 3.61. The Morgan fingerprint density at radius 1 is 1.33 bits per heavy atom. The lowest BCUT2D eigenvalue weighted by molar-refractivity contribution is 0.0717. The van der Waals surface area contributed by atoms with Crippen molar-refractivity contribution >= 4 is 11.6 Å². The third-order valence-electron chi connectivity index (χ3n) is 4.65. The molecule has 1 aromatic carbocycles. The van der Waals surface area contributed by atoms with Gasteiger partial charge in [0.2, 0.25) is 0 Å². The first-order valence-electron chi connectivity index (χ1n) is 8.70. The van der Waals surface area contributed by atoms with Crippen LogP contribution in [0.2, 0.25) is 0 Å². The summed E-state index contributed by atoms with van der Waals surface area (Å²) in [5, 5.41) is 10.6. The zero-order valence-electron chi connectivity index (χ0n) is 14.7. The van der Waals surface area contributed by atoms with Crippen LogP contribution in [0.15, 0.2) is 30.5 Å². The summed E-state index contributed by atoms with van der Waals surface area (Å²) in [5.41, 5.74) is 4.07. The van der Waals surface area contributed by atoms with Crippen LogP contribution in [0.4, 0.5) is 5.69 Å². The second kappa shape index (κ2) is 7.07. The molecule has 1 aliphatic rings. The van der Waals surface area contributed by atoms with Gasteiger partial charge in [0, 0.05) is 24.8 Å². The Morgan fingerprint density at radius 3 is 2.75 bits per heavy atom. The van der Waals surface area contributed by atoms with Gasteiger partial charge in [-0.25, -0.2) is 0 Å². The van der Waals surface area contributed by atoms with Crippen molar-refractivity contribution in [3.05, 3.63) is 47.3 Å². The van der Waals surface area contributed by atoms with Crippen LogP contribution in [-0.2, 0) is 0 Å². The summed E-state index contributed by atoms with van der Waals surface area (Å²) in [4.78, 5) is 14.7. The van der Waals surface area contributed by atoms with Gasteiger partial charge in [-0.15, -0.1) is 0 Å². The molecule has 0 spiro atoms. The molecular weight excluding hydrogens is 300 g/mol. The van der Waals surface area contributed by atoms with E-state index in [-0.39, 0.29) is 11.8 Å². The molecule has 5 nitrogen and oxygen atoms in total. The number of rotatable bonds is 4. The van der Waals surface area contributed by atoms with E-state index in [9.17, 15) is 4.79 Å². The van der Waals surface area contributed by atoms with Gasteiger partial charge in [-0.05, 0) is 43.4 Å². The highest BCUT2D eigenvalue weighted by Crippen LogP contribution is 2.22. The monoisotopic (exact) mass is 326 g/mol. The molecule has 24 heavy (non-hydrogen) atoms. The lowest BCUT2D eigenvalue weighted by Crippen LogP contribution is -2.42. The summed E-state index contributed by atoms with van der Waals surface area (Å²) in [6, 6.07) is 8.86. The van der Waals surface area contributed by atoms with Gasteiger partial charge in [-0.2, -0.15) is 5.10 Å². The Hall–Kier alpha value is -2.30. The highest BCUT2D eigenvalue weighted by Gasteiger charge is 2.26. The molecule has 0 radical (unpaired) electrons. The number of hydrogen-bond acceptors (Lipinski definition) is 3. The first kappa shape index (κ1) is 16.6. The maximum atomic E-state index is 12.7. The minimum absolute atomic E-state index is 0.0986. The third-order valence-corrected chi connectivity index (χ3v) is 4.65. The largest absolute Gasteiger partial charge is 0.382 e. The van der Waals surface area contributed by atoms with E-state index in [2.05, 4.69) is 60.6 Å². The summed E-state index contributed by atoms with van der Waals surface area (Å²) in [5.74, 6) is 0.369. The van der Waals surface area contributed by atoms with Crippen molar-refractivity contribution in [1.29, 1.82) is 0 Å². The Bertz CT molecular complexity index is 699. The molecule has 0 aliphatic carbocycles. The Balaban J connectivity index is 1.58. The van der Waals surface area contributed by atoms with E-state index >= 15 is 0 Å². The number of nitrogens with zero attached hydrogens (tertiary/aromatic N) is 2. The Morgan fingerprint density at radius 2 is 2.08 bits per heavy atom. The van der Waals surface area contributed by atoms with E-state index < -0.39 is 0 Å². The fraction of sp³-hybridized carbons (Fsp3) is 0.474. The molecule has 2 aromatic rings. The Kier molecular flexibility index (Phi) is 4.88. The van der Waals surface area contributed by atoms with Crippen LogP contribution >= 0.6 is 0 Å². The first-order valence-corrected chi connectivity index (χ1v) is 8.70. The van der Waals surface area contributed by atoms with E-state index in [1.54, 1.807) is 6.20 Å². The van der Waals surface area contributed by atoms with Crippen molar-refractivity contribution in [1.82, 2.24) is 15.1 Å². The van der Waals surface area contributed by atoms with Gasteiger partial charge < -0.3 is 10.2 Å². The Labute approximate surface area is 143 Å². The number of nitrogens with one attached hydrogen (secondary N) is 2. The van der Waals surface area contributed by atoms with Crippen molar-refractivity contribution in [2.45, 2.75) is 45.6 Å². The first-order chi connectivity index (χ1) is 11.5. The fourth-order valence-electron chi connectivity index (χ4n) is 3.27. The molecule has 2 heterocycles. The quantitative estimate of drug-likeness (QED) is 0.903. The summed E-state index contributed by atoms with van der Waals surface area (Å²) in [6.07, 6.45) is 3.60. The van der Waals surface area contributed by atoms with E-state index in [4.69, 9.17) is 0 Å². The number of aromatic amines is 1. The van der Waals surface area contributed by atoms with Crippen molar-refractivity contribution in [3.8, 4) is 0 Å². The number of hydrogen-bond donors (Lipinski definition) is 2. The van der Waals surface area contributed by atoms with Crippen LogP contribution in [-0.4, -0.2) is 40.1 Å². The van der Waals surface area contributed by atoms with E-state index in [1.807, 2.05) is 4.90 Å². The van der Waals surface area contributed by atoms with E-state index in [0.717, 1.165) is 42.9 Å². The van der Waals surface area contributed by atoms with Gasteiger partial charge in [0.05, 0.1) is 17.5 Å². The van der Waals surface area contributed by atoms with Crippen LogP contribution in [0.5, 0.6) is 0 Å². The molecule has 1 fully saturated rings. The number of benzene rings is 1. The normalized spacial score (nSPS) is 15.8. The number of amides is 1. The summed E-state index contributed by atoms with van der Waals surface area (Å²) in [6.45, 7) is 7.81. The molecule has 5 heteroatoms. The van der Waals surface area contributed by atoms with Gasteiger partial charge in [0.25, 0.3) is 5.91 Å². The number of likely N-dealkylation sites (tertiary alicyclic amines) is 1. The number of aromatic nitrogens is 2. The molecule has 0 saturated carbocycles. The molecule has 0 unspecified atom stereocenters. The van der Waals surface area contributed by atoms with Gasteiger partial charge in [0.15, 0.2) is 0 Å². The molecule has 1 aromatic heterocycles. The highest BCUT2D eigenvalue weighted by molar-refractivity contribution is 5.95. The average Bonchev–Trinajstić information content (AvgIpc) is 3.05. The van der Waals surface area contributed by atoms with Crippen LogP contribution in [0, 0.1) is 6.92 Å². The van der Waals surface area contributed by atoms with Crippen LogP contribution in [0.3, 0.4) is 0 Å². The minimum atomic E-state index is 0.0986. The lowest BCUT2D eigenvalue weighted by atomic mass is 10.0. The molecule has 2 N–H and O–H groups in total. The van der Waals surface area contributed by atoms with Gasteiger partial charge in [-0.1, -0.05) is 26.0 Å². The highest BCUT2D eigenvalue weighted by atomic mass is 16.2. The molecular formula is C19H26N4O. The van der Waals surface area contributed by atoms with Crippen molar-refractivity contribution in [2.24, 2.45) is 0 Å². The van der Waals surface area contributed by atoms with Crippen molar-refractivity contribution in [2.75, 3.05) is 18.4 Å². The molecule has 0 bridgehead atoms. The van der Waals surface area contributed by atoms with Crippen LogP contribution in [0.25, 0.3) is 0 Å². The fourth-order valence-corrected chi connectivity index (χ4v) is 3.27. The maximum Gasteiger partial charge on any atom is 0.257 e. The topological polar surface area (TPSA) is 61.0 Å². The maximum absolute atomic E-state index is 12.7. The molecule has 1 saturated heterocycles. The smallest absolute Gasteiger partial charge is 0.257 e. The molecule has 1 aliphatic heterocycles. The van der Waals surface area contributed by atoms with Gasteiger partial charge >= 0.3 is 0 Å². The second-order valence-corrected chi connectivity index (χ2v) is 6.93. The van der Waals surface area contributed by atoms with Gasteiger partial charge in [-0.3, -0.25) is 9.89 Å². The van der Waals surface area contributed by atoms with Crippen molar-refractivity contribution in [3.63, 3.8) is 0 Å². The molecule has 3 rings (SSSR count). The minimum Gasteiger partial charge on any atom is -0.382 e. The van der Waals surface area contributed by atoms with Crippen LogP contribution in [0.1, 0.15) is 54.2 Å². The summed E-state index contributed by atoms with van der Waals surface area (Å²) < 4.78 is 0. The van der Waals surface area contributed by atoms with Gasteiger partial charge in [0.1, 0.15) is 0 Å². The van der Waals surface area contributed by atoms with E-state index in [0.29, 0.717) is 6.04 Å². The molecule has 0 atom stereocenters. The summed E-state index contributed by atoms with van der Waals surface area (Å²) in [7, 11) is 0. The predicted octanol–water partition coefficient (Wildman–Crippen LogP) is 3.56. The number of aryl methyl sites for hydroxylation is 1. The predicted molar refractivity (Wildman–Crippen MR) is 96.4 cm³/mol. The average molecular weight is 326 g/mol. The molecule has 128 valence electrons. The summed E-state index contributed by atoms with van der Waals surface area (Å²) >= 11 is 0. The zero-order chi connectivity index (χ0) is 17.1. The van der Waals surface area contributed by atoms with E-state index in [1.165, 1.54) is 5.56 Å². The SMILES string of the molecule is Cc1cccc(NC2CCN(C(=O)c3cn[nH]c3C(C)C)CC2)c1. The number of carbonyl (C=O) groups is 1. The van der Waals surface area contributed by atoms with Crippen LogP contribution < -0.4 is 5.32 Å². The molecule has 1 amide bonds. The van der Waals surface area contributed by atoms with Crippen molar-refractivity contribution < 1.29 is 4.79 Å². The number of anilines is 1. The standard InChI is InChI=1S/C19H26N4O/c1-13(2)18-17(12-20-22-18)19(24)23-9-7-15(8-10-23)21-16-6-4-5-14(3)11-16/h4-6,11-13,15,21H,7-10H2,1-3H3,(H,20,22). The number of piperidine rings is 1. The zero-order valence-corrected chi connectivity index (χ0v) is 14.7. The lowest BCUT2D eigenvalue weighted by Gasteiger charge is -2.33.